The normalized spacial score (nSPS) is 12.1. The molecule has 0 N–H and O–H groups in total. The van der Waals surface area contributed by atoms with Crippen LogP contribution in [0, 0.1) is 0 Å². The molecule has 0 fully saturated rings. The van der Waals surface area contributed by atoms with E-state index in [1.807, 2.05) is 0 Å². The van der Waals surface area contributed by atoms with E-state index in [1.165, 1.54) is 57.8 Å². The molecule has 1 unspecified atom stereocenters. The third kappa shape index (κ3) is 12.4. The molecule has 0 saturated heterocycles. The van der Waals surface area contributed by atoms with Crippen molar-refractivity contribution in [2.45, 2.75) is 90.6 Å². The fourth-order valence-electron chi connectivity index (χ4n) is 2.13. The second-order valence-electron chi connectivity index (χ2n) is 4.91. The van der Waals surface area contributed by atoms with Crippen molar-refractivity contribution in [1.29, 1.82) is 0 Å². The van der Waals surface area contributed by atoms with Crippen molar-refractivity contribution in [2.24, 2.45) is 0 Å². The molecule has 0 amide bonds. The van der Waals surface area contributed by atoms with E-state index >= 15 is 0 Å². The Bertz CT molecular complexity index is 162. The molecular formula is C14H29AlO2. The third-order valence-corrected chi connectivity index (χ3v) is 3.75. The Labute approximate surface area is 114 Å². The van der Waals surface area contributed by atoms with Gasteiger partial charge in [0, 0.05) is 0 Å². The average molecular weight is 256 g/mol. The first-order chi connectivity index (χ1) is 8.35. The molecule has 0 bridgehead atoms. The van der Waals surface area contributed by atoms with Crippen LogP contribution < -0.4 is 0 Å². The van der Waals surface area contributed by atoms with Gasteiger partial charge in [-0.1, -0.05) is 0 Å². The van der Waals surface area contributed by atoms with Crippen LogP contribution in [0.4, 0.5) is 0 Å². The molecule has 1 atom stereocenters. The van der Waals surface area contributed by atoms with Gasteiger partial charge in [-0.3, -0.25) is 0 Å². The minimum atomic E-state index is -1.03. The van der Waals surface area contributed by atoms with Crippen LogP contribution in [0.1, 0.15) is 84.5 Å². The van der Waals surface area contributed by atoms with Crippen LogP contribution in [-0.4, -0.2) is 21.6 Å². The van der Waals surface area contributed by atoms with E-state index in [2.05, 4.69) is 13.8 Å². The van der Waals surface area contributed by atoms with Gasteiger partial charge in [0.25, 0.3) is 0 Å². The SMILES string of the molecule is CCCCCCCC(CCCCCC)[O][Al]=[O]. The standard InChI is InChI=1S/C14H29O.Al.O/c1-3-5-7-9-11-13-14(15)12-10-8-6-4-2;;/h14H,3-13H2,1-2H3;;/q-1;+1;. The van der Waals surface area contributed by atoms with Gasteiger partial charge in [-0.05, 0) is 0 Å². The van der Waals surface area contributed by atoms with Gasteiger partial charge in [0.15, 0.2) is 0 Å². The molecule has 3 heteroatoms. The van der Waals surface area contributed by atoms with Gasteiger partial charge in [-0.25, -0.2) is 0 Å². The van der Waals surface area contributed by atoms with Crippen molar-refractivity contribution < 1.29 is 7.59 Å². The zero-order valence-corrected chi connectivity index (χ0v) is 12.9. The van der Waals surface area contributed by atoms with Gasteiger partial charge < -0.3 is 0 Å². The Balaban J connectivity index is 3.48. The van der Waals surface area contributed by atoms with E-state index in [9.17, 15) is 3.80 Å². The Hall–Kier alpha value is 0.132. The quantitative estimate of drug-likeness (QED) is 0.353. The summed E-state index contributed by atoms with van der Waals surface area (Å²) in [5.41, 5.74) is 0. The van der Waals surface area contributed by atoms with Crippen LogP contribution in [0.5, 0.6) is 0 Å². The van der Waals surface area contributed by atoms with Crippen molar-refractivity contribution in [2.75, 3.05) is 0 Å². The Morgan fingerprint density at radius 3 is 1.76 bits per heavy atom. The van der Waals surface area contributed by atoms with Gasteiger partial charge in [0.05, 0.1) is 0 Å². The van der Waals surface area contributed by atoms with Crippen LogP contribution in [0.3, 0.4) is 0 Å². The van der Waals surface area contributed by atoms with E-state index in [0.29, 0.717) is 0 Å². The first-order valence-corrected chi connectivity index (χ1v) is 8.38. The predicted molar refractivity (Wildman–Crippen MR) is 73.4 cm³/mol. The molecule has 0 aromatic carbocycles. The van der Waals surface area contributed by atoms with Crippen molar-refractivity contribution in [1.82, 2.24) is 0 Å². The molecule has 0 aliphatic carbocycles. The predicted octanol–water partition coefficient (Wildman–Crippen LogP) is 4.67. The summed E-state index contributed by atoms with van der Waals surface area (Å²) in [4.78, 5) is 0. The summed E-state index contributed by atoms with van der Waals surface area (Å²) in [5.74, 6) is 0. The fraction of sp³-hybridized carbons (Fsp3) is 1.00. The molecule has 0 aromatic rings. The Morgan fingerprint density at radius 1 is 0.824 bits per heavy atom. The van der Waals surface area contributed by atoms with Crippen LogP contribution in [0.25, 0.3) is 0 Å². The van der Waals surface area contributed by atoms with Crippen LogP contribution in [0.2, 0.25) is 0 Å². The van der Waals surface area contributed by atoms with Crippen LogP contribution in [0.15, 0.2) is 0 Å². The topological polar surface area (TPSA) is 26.3 Å². The molecule has 0 heterocycles. The molecule has 100 valence electrons. The molecule has 0 rings (SSSR count). The van der Waals surface area contributed by atoms with Gasteiger partial charge in [0.2, 0.25) is 0 Å². The Morgan fingerprint density at radius 2 is 1.29 bits per heavy atom. The fourth-order valence-corrected chi connectivity index (χ4v) is 2.56. The van der Waals surface area contributed by atoms with Crippen LogP contribution >= 0.6 is 0 Å². The molecule has 0 spiro atoms. The molecule has 0 saturated carbocycles. The average Bonchev–Trinajstić information content (AvgIpc) is 2.34. The number of rotatable bonds is 13. The van der Waals surface area contributed by atoms with Crippen LogP contribution in [-0.2, 0) is 7.59 Å². The first-order valence-electron chi connectivity index (χ1n) is 7.44. The summed E-state index contributed by atoms with van der Waals surface area (Å²) in [6.45, 7) is 4.46. The number of hydrogen-bond acceptors (Lipinski definition) is 2. The zero-order chi connectivity index (χ0) is 12.8. The summed E-state index contributed by atoms with van der Waals surface area (Å²) in [5, 5.41) is 0. The van der Waals surface area contributed by atoms with E-state index in [4.69, 9.17) is 3.79 Å². The molecule has 2 nitrogen and oxygen atoms in total. The molecule has 0 radical (unpaired) electrons. The van der Waals surface area contributed by atoms with Gasteiger partial charge >= 0.3 is 114 Å². The van der Waals surface area contributed by atoms with E-state index < -0.39 is 15.5 Å². The maximum absolute atomic E-state index is 10.6. The summed E-state index contributed by atoms with van der Waals surface area (Å²) >= 11 is -1.03. The second kappa shape index (κ2) is 14.2. The molecule has 17 heavy (non-hydrogen) atoms. The van der Waals surface area contributed by atoms with Gasteiger partial charge in [0.1, 0.15) is 0 Å². The van der Waals surface area contributed by atoms with Gasteiger partial charge in [-0.15, -0.1) is 0 Å². The second-order valence-corrected chi connectivity index (χ2v) is 5.37. The van der Waals surface area contributed by atoms with Crippen molar-refractivity contribution in [3.63, 3.8) is 0 Å². The number of hydrogen-bond donors (Lipinski definition) is 0. The van der Waals surface area contributed by atoms with E-state index in [-0.39, 0.29) is 6.10 Å². The summed E-state index contributed by atoms with van der Waals surface area (Å²) in [6, 6.07) is 0. The first kappa shape index (κ1) is 17.1. The molecule has 0 aliphatic rings. The summed E-state index contributed by atoms with van der Waals surface area (Å²) in [6.07, 6.45) is 14.1. The van der Waals surface area contributed by atoms with Crippen molar-refractivity contribution in [3.05, 3.63) is 0 Å². The molecule has 0 aromatic heterocycles. The van der Waals surface area contributed by atoms with Crippen molar-refractivity contribution >= 4 is 15.5 Å². The maximum atomic E-state index is 10.6. The monoisotopic (exact) mass is 256 g/mol. The minimum absolute atomic E-state index is 0.265. The van der Waals surface area contributed by atoms with E-state index in [1.54, 1.807) is 0 Å². The van der Waals surface area contributed by atoms with Gasteiger partial charge in [-0.2, -0.15) is 0 Å². The summed E-state index contributed by atoms with van der Waals surface area (Å²) < 4.78 is 16.0. The zero-order valence-electron chi connectivity index (χ0n) is 11.7. The van der Waals surface area contributed by atoms with Crippen molar-refractivity contribution in [3.8, 4) is 0 Å². The van der Waals surface area contributed by atoms with E-state index in [0.717, 1.165) is 12.8 Å². The number of unbranched alkanes of at least 4 members (excludes halogenated alkanes) is 7. The third-order valence-electron chi connectivity index (χ3n) is 3.26. The Kier molecular flexibility index (Phi) is 14.3. The molecular weight excluding hydrogens is 227 g/mol. The summed E-state index contributed by atoms with van der Waals surface area (Å²) in [7, 11) is 0. The molecule has 0 aliphatic heterocycles.